The zero-order chi connectivity index (χ0) is 15.1. The molecule has 0 aliphatic carbocycles. The van der Waals surface area contributed by atoms with Crippen LogP contribution in [-0.2, 0) is 9.53 Å². The van der Waals surface area contributed by atoms with Crippen molar-refractivity contribution in [2.24, 2.45) is 0 Å². The summed E-state index contributed by atoms with van der Waals surface area (Å²) in [6.07, 6.45) is -2.65. The number of alkyl halides is 2. The molecule has 0 heterocycles. The molecule has 0 atom stereocenters. The molecule has 0 radical (unpaired) electrons. The van der Waals surface area contributed by atoms with E-state index in [0.29, 0.717) is 13.2 Å². The maximum atomic E-state index is 13.0. The van der Waals surface area contributed by atoms with Crippen LogP contribution in [0.4, 0.5) is 20.2 Å². The highest BCUT2D eigenvalue weighted by molar-refractivity contribution is 5.81. The topological polar surface area (TPSA) is 67.6 Å². The second-order valence-corrected chi connectivity index (χ2v) is 4.32. The smallest absolute Gasteiger partial charge is 0.265 e. The summed E-state index contributed by atoms with van der Waals surface area (Å²) in [6, 6.07) is 4.24. The Morgan fingerprint density at radius 1 is 1.50 bits per heavy atom. The van der Waals surface area contributed by atoms with E-state index in [1.807, 2.05) is 0 Å². The molecule has 0 unspecified atom stereocenters. The molecule has 1 aromatic carbocycles. The third-order valence-electron chi connectivity index (χ3n) is 2.71. The van der Waals surface area contributed by atoms with E-state index < -0.39 is 6.43 Å². The van der Waals surface area contributed by atoms with Crippen molar-refractivity contribution < 1.29 is 18.3 Å². The Balaban J connectivity index is 2.72. The first-order chi connectivity index (χ1) is 9.45. The minimum absolute atomic E-state index is 0.0205. The molecule has 7 heteroatoms. The molecule has 1 rings (SSSR count). The van der Waals surface area contributed by atoms with Gasteiger partial charge in [-0.25, -0.2) is 8.78 Å². The van der Waals surface area contributed by atoms with E-state index in [2.05, 4.69) is 5.32 Å². The Bertz CT molecular complexity index is 455. The van der Waals surface area contributed by atoms with Crippen LogP contribution in [0, 0.1) is 0 Å². The number of hydrogen-bond acceptors (Lipinski definition) is 4. The molecule has 3 N–H and O–H groups in total. The highest BCUT2D eigenvalue weighted by atomic mass is 19.3. The highest BCUT2D eigenvalue weighted by Crippen LogP contribution is 2.30. The Kier molecular flexibility index (Phi) is 6.17. The lowest BCUT2D eigenvalue weighted by molar-refractivity contribution is -0.119. The third-order valence-corrected chi connectivity index (χ3v) is 2.71. The molecule has 0 spiro atoms. The van der Waals surface area contributed by atoms with Gasteiger partial charge in [0.2, 0.25) is 5.91 Å². The minimum Gasteiger partial charge on any atom is -0.399 e. The maximum Gasteiger partial charge on any atom is 0.265 e. The summed E-state index contributed by atoms with van der Waals surface area (Å²) >= 11 is 0. The first-order valence-electron chi connectivity index (χ1n) is 6.10. The van der Waals surface area contributed by atoms with Crippen molar-refractivity contribution in [2.45, 2.75) is 6.43 Å². The van der Waals surface area contributed by atoms with Crippen LogP contribution in [-0.4, -0.2) is 39.8 Å². The van der Waals surface area contributed by atoms with Crippen LogP contribution in [0.3, 0.4) is 0 Å². The number of amides is 1. The number of ether oxygens (including phenoxy) is 1. The number of nitrogens with one attached hydrogen (secondary N) is 1. The van der Waals surface area contributed by atoms with Gasteiger partial charge < -0.3 is 20.7 Å². The van der Waals surface area contributed by atoms with E-state index in [1.165, 1.54) is 30.2 Å². The Morgan fingerprint density at radius 2 is 2.20 bits per heavy atom. The fourth-order valence-electron chi connectivity index (χ4n) is 1.74. The van der Waals surface area contributed by atoms with Gasteiger partial charge >= 0.3 is 0 Å². The van der Waals surface area contributed by atoms with Crippen molar-refractivity contribution in [2.75, 3.05) is 44.5 Å². The molecule has 0 saturated carbocycles. The van der Waals surface area contributed by atoms with Gasteiger partial charge in [-0.3, -0.25) is 4.79 Å². The second kappa shape index (κ2) is 7.64. The Labute approximate surface area is 116 Å². The van der Waals surface area contributed by atoms with Crippen LogP contribution in [0.5, 0.6) is 0 Å². The SMILES string of the molecule is COCCNC(=O)CN(C)c1ccc(N)cc1C(F)F. The summed E-state index contributed by atoms with van der Waals surface area (Å²) in [6.45, 7) is 0.763. The van der Waals surface area contributed by atoms with Gasteiger partial charge in [-0.15, -0.1) is 0 Å². The van der Waals surface area contributed by atoms with Gasteiger partial charge in [0.1, 0.15) is 0 Å². The number of benzene rings is 1. The maximum absolute atomic E-state index is 13.0. The number of anilines is 2. The standard InChI is InChI=1S/C13H19F2N3O2/c1-18(8-12(19)17-5-6-20-2)11-4-3-9(16)7-10(11)13(14)15/h3-4,7,13H,5-6,8,16H2,1-2H3,(H,17,19). The monoisotopic (exact) mass is 287 g/mol. The first-order valence-corrected chi connectivity index (χ1v) is 6.10. The van der Waals surface area contributed by atoms with Gasteiger partial charge in [0.05, 0.1) is 13.2 Å². The summed E-state index contributed by atoms with van der Waals surface area (Å²) in [4.78, 5) is 13.1. The van der Waals surface area contributed by atoms with E-state index in [4.69, 9.17) is 10.5 Å². The van der Waals surface area contributed by atoms with Crippen molar-refractivity contribution in [3.63, 3.8) is 0 Å². The third kappa shape index (κ3) is 4.65. The largest absolute Gasteiger partial charge is 0.399 e. The van der Waals surface area contributed by atoms with Crippen LogP contribution in [0.2, 0.25) is 0 Å². The Hall–Kier alpha value is -1.89. The van der Waals surface area contributed by atoms with Crippen LogP contribution in [0.15, 0.2) is 18.2 Å². The van der Waals surface area contributed by atoms with Crippen LogP contribution in [0.1, 0.15) is 12.0 Å². The number of carbonyl (C=O) groups excluding carboxylic acids is 1. The van der Waals surface area contributed by atoms with Crippen LogP contribution < -0.4 is 16.0 Å². The van der Waals surface area contributed by atoms with Crippen molar-refractivity contribution in [3.8, 4) is 0 Å². The summed E-state index contributed by atoms with van der Waals surface area (Å²) in [5, 5.41) is 2.63. The molecular weight excluding hydrogens is 268 g/mol. The van der Waals surface area contributed by atoms with Gasteiger partial charge in [0, 0.05) is 37.6 Å². The zero-order valence-corrected chi connectivity index (χ0v) is 11.5. The van der Waals surface area contributed by atoms with Gasteiger partial charge in [-0.1, -0.05) is 0 Å². The predicted octanol–water partition coefficient (Wildman–Crippen LogP) is 1.41. The van der Waals surface area contributed by atoms with Crippen molar-refractivity contribution in [1.29, 1.82) is 0 Å². The number of halogens is 2. The summed E-state index contributed by atoms with van der Waals surface area (Å²) in [7, 11) is 3.11. The molecule has 0 saturated heterocycles. The van der Waals surface area contributed by atoms with Gasteiger partial charge in [0.25, 0.3) is 6.43 Å². The lowest BCUT2D eigenvalue weighted by atomic mass is 10.1. The fourth-order valence-corrected chi connectivity index (χ4v) is 1.74. The quantitative estimate of drug-likeness (QED) is 0.587. The molecule has 5 nitrogen and oxygen atoms in total. The van der Waals surface area contributed by atoms with Crippen molar-refractivity contribution in [3.05, 3.63) is 23.8 Å². The number of nitrogen functional groups attached to an aromatic ring is 1. The molecule has 112 valence electrons. The molecular formula is C13H19F2N3O2. The number of likely N-dealkylation sites (N-methyl/N-ethyl adjacent to an activating group) is 1. The highest BCUT2D eigenvalue weighted by Gasteiger charge is 2.17. The van der Waals surface area contributed by atoms with Crippen LogP contribution in [0.25, 0.3) is 0 Å². The van der Waals surface area contributed by atoms with E-state index >= 15 is 0 Å². The molecule has 1 aromatic rings. The number of nitrogens with two attached hydrogens (primary N) is 1. The molecule has 0 aromatic heterocycles. The molecule has 1 amide bonds. The molecule has 0 fully saturated rings. The summed E-state index contributed by atoms with van der Waals surface area (Å²) in [5.41, 5.74) is 5.87. The second-order valence-electron chi connectivity index (χ2n) is 4.32. The van der Waals surface area contributed by atoms with E-state index in [0.717, 1.165) is 0 Å². The van der Waals surface area contributed by atoms with Gasteiger partial charge in [-0.05, 0) is 18.2 Å². The fraction of sp³-hybridized carbons (Fsp3) is 0.462. The molecule has 20 heavy (non-hydrogen) atoms. The molecule has 0 bridgehead atoms. The number of hydrogen-bond donors (Lipinski definition) is 2. The molecule has 0 aliphatic heterocycles. The summed E-state index contributed by atoms with van der Waals surface area (Å²) < 4.78 is 30.7. The van der Waals surface area contributed by atoms with Gasteiger partial charge in [0.15, 0.2) is 0 Å². The first kappa shape index (κ1) is 16.2. The van der Waals surface area contributed by atoms with E-state index in [1.54, 1.807) is 7.05 Å². The normalized spacial score (nSPS) is 10.7. The van der Waals surface area contributed by atoms with Crippen molar-refractivity contribution >= 4 is 17.3 Å². The van der Waals surface area contributed by atoms with E-state index in [-0.39, 0.29) is 29.4 Å². The van der Waals surface area contributed by atoms with Crippen molar-refractivity contribution in [1.82, 2.24) is 5.32 Å². The summed E-state index contributed by atoms with van der Waals surface area (Å²) in [5.74, 6) is -0.262. The Morgan fingerprint density at radius 3 is 2.80 bits per heavy atom. The molecule has 0 aliphatic rings. The number of rotatable bonds is 7. The number of methoxy groups -OCH3 is 1. The average molecular weight is 287 g/mol. The van der Waals surface area contributed by atoms with E-state index in [9.17, 15) is 13.6 Å². The van der Waals surface area contributed by atoms with Crippen LogP contribution >= 0.6 is 0 Å². The zero-order valence-electron chi connectivity index (χ0n) is 11.5. The predicted molar refractivity (Wildman–Crippen MR) is 74.0 cm³/mol. The lowest BCUT2D eigenvalue weighted by Gasteiger charge is -2.22. The minimum atomic E-state index is -2.65. The lowest BCUT2D eigenvalue weighted by Crippen LogP contribution is -2.37. The average Bonchev–Trinajstić information content (AvgIpc) is 2.38. The number of nitrogens with zero attached hydrogens (tertiary/aromatic N) is 1. The number of carbonyl (C=O) groups is 1. The van der Waals surface area contributed by atoms with Gasteiger partial charge in [-0.2, -0.15) is 0 Å².